The standard InChI is InChI=1S/C25H31N3O5/c1-5-27(6-2)14-9-15-28-22(18-10-7-8-13-26-18)21(24(30)25(28)31)23(29)17-11-12-19(32-3)20(16-17)33-4/h7-8,10-13,16,22,29H,5-6,9,14-15H2,1-4H3/t22-/m0/s1. The summed E-state index contributed by atoms with van der Waals surface area (Å²) >= 11 is 0. The quantitative estimate of drug-likeness (QED) is 0.335. The smallest absolute Gasteiger partial charge is 0.295 e. The molecule has 0 saturated carbocycles. The average Bonchev–Trinajstić information content (AvgIpc) is 3.11. The second-order valence-electron chi connectivity index (χ2n) is 7.70. The van der Waals surface area contributed by atoms with Crippen LogP contribution in [0, 0.1) is 0 Å². The number of carbonyl (C=O) groups excluding carboxylic acids is 2. The van der Waals surface area contributed by atoms with E-state index in [1.807, 2.05) is 0 Å². The Balaban J connectivity index is 2.03. The highest BCUT2D eigenvalue weighted by molar-refractivity contribution is 6.46. The molecule has 1 fully saturated rings. The first-order valence-electron chi connectivity index (χ1n) is 11.1. The molecule has 1 amide bonds. The molecule has 176 valence electrons. The third kappa shape index (κ3) is 5.01. The van der Waals surface area contributed by atoms with Crippen molar-refractivity contribution in [2.24, 2.45) is 0 Å². The van der Waals surface area contributed by atoms with Crippen LogP contribution in [0.4, 0.5) is 0 Å². The van der Waals surface area contributed by atoms with Crippen LogP contribution >= 0.6 is 0 Å². The first-order valence-corrected chi connectivity index (χ1v) is 11.1. The molecule has 3 rings (SSSR count). The Morgan fingerprint density at radius 1 is 1.09 bits per heavy atom. The Hall–Kier alpha value is -3.39. The van der Waals surface area contributed by atoms with Crippen molar-refractivity contribution >= 4 is 17.4 Å². The van der Waals surface area contributed by atoms with E-state index in [1.165, 1.54) is 19.1 Å². The molecule has 0 aliphatic carbocycles. The van der Waals surface area contributed by atoms with E-state index in [-0.39, 0.29) is 11.3 Å². The fraction of sp³-hybridized carbons (Fsp3) is 0.400. The first kappa shape index (κ1) is 24.3. The summed E-state index contributed by atoms with van der Waals surface area (Å²) in [4.78, 5) is 34.3. The van der Waals surface area contributed by atoms with Crippen LogP contribution in [-0.4, -0.2) is 72.0 Å². The van der Waals surface area contributed by atoms with Gasteiger partial charge < -0.3 is 24.4 Å². The van der Waals surface area contributed by atoms with Crippen LogP contribution in [-0.2, 0) is 9.59 Å². The molecular weight excluding hydrogens is 422 g/mol. The lowest BCUT2D eigenvalue weighted by atomic mass is 9.98. The summed E-state index contributed by atoms with van der Waals surface area (Å²) in [5.74, 6) is -0.722. The third-order valence-corrected chi connectivity index (χ3v) is 5.93. The lowest BCUT2D eigenvalue weighted by Gasteiger charge is -2.26. The van der Waals surface area contributed by atoms with Gasteiger partial charge >= 0.3 is 0 Å². The van der Waals surface area contributed by atoms with Crippen LogP contribution < -0.4 is 9.47 Å². The zero-order valence-corrected chi connectivity index (χ0v) is 19.6. The number of Topliss-reactive ketones (excluding diaryl/α,β-unsaturated/α-hetero) is 1. The van der Waals surface area contributed by atoms with Crippen molar-refractivity contribution in [2.75, 3.05) is 40.4 Å². The van der Waals surface area contributed by atoms with Gasteiger partial charge in [-0.3, -0.25) is 14.6 Å². The van der Waals surface area contributed by atoms with Crippen LogP contribution in [0.2, 0.25) is 0 Å². The number of nitrogens with zero attached hydrogens (tertiary/aromatic N) is 3. The largest absolute Gasteiger partial charge is 0.507 e. The number of benzene rings is 1. The van der Waals surface area contributed by atoms with Crippen molar-refractivity contribution in [1.82, 2.24) is 14.8 Å². The third-order valence-electron chi connectivity index (χ3n) is 5.93. The predicted octanol–water partition coefficient (Wildman–Crippen LogP) is 3.25. The van der Waals surface area contributed by atoms with Crippen LogP contribution in [0.15, 0.2) is 48.2 Å². The molecule has 0 unspecified atom stereocenters. The van der Waals surface area contributed by atoms with Crippen LogP contribution in [0.1, 0.15) is 37.6 Å². The number of aliphatic hydroxyl groups is 1. The van der Waals surface area contributed by atoms with Gasteiger partial charge in [0.15, 0.2) is 11.5 Å². The molecule has 1 atom stereocenters. The summed E-state index contributed by atoms with van der Waals surface area (Å²) in [6, 6.07) is 9.41. The molecule has 8 heteroatoms. The molecule has 1 saturated heterocycles. The SMILES string of the molecule is CCN(CC)CCCN1C(=O)C(=O)C(=C(O)c2ccc(OC)c(OC)c2)[C@@H]1c1ccccn1. The zero-order valence-electron chi connectivity index (χ0n) is 19.6. The van der Waals surface area contributed by atoms with Gasteiger partial charge in [0.25, 0.3) is 11.7 Å². The minimum absolute atomic E-state index is 0.0220. The first-order chi connectivity index (χ1) is 16.0. The number of aromatic nitrogens is 1. The lowest BCUT2D eigenvalue weighted by Crippen LogP contribution is -2.33. The number of ether oxygens (including phenoxy) is 2. The van der Waals surface area contributed by atoms with E-state index in [0.29, 0.717) is 35.7 Å². The molecule has 1 aromatic carbocycles. The molecule has 1 N–H and O–H groups in total. The number of methoxy groups -OCH3 is 2. The fourth-order valence-electron chi connectivity index (χ4n) is 4.10. The Labute approximate surface area is 194 Å². The van der Waals surface area contributed by atoms with Crippen molar-refractivity contribution in [3.8, 4) is 11.5 Å². The number of hydrogen-bond acceptors (Lipinski definition) is 7. The maximum absolute atomic E-state index is 13.1. The van der Waals surface area contributed by atoms with Gasteiger partial charge in [-0.15, -0.1) is 0 Å². The topological polar surface area (TPSA) is 92.2 Å². The van der Waals surface area contributed by atoms with Gasteiger partial charge in [-0.05, 0) is 56.4 Å². The number of ketones is 1. The van der Waals surface area contributed by atoms with E-state index in [2.05, 4.69) is 23.7 Å². The van der Waals surface area contributed by atoms with Gasteiger partial charge in [0.05, 0.1) is 25.5 Å². The Kier molecular flexibility index (Phi) is 8.06. The Morgan fingerprint density at radius 3 is 2.42 bits per heavy atom. The predicted molar refractivity (Wildman–Crippen MR) is 125 cm³/mol. The molecule has 0 radical (unpaired) electrons. The molecule has 0 spiro atoms. The monoisotopic (exact) mass is 453 g/mol. The number of likely N-dealkylation sites (tertiary alicyclic amines) is 1. The van der Waals surface area contributed by atoms with Crippen molar-refractivity contribution in [1.29, 1.82) is 0 Å². The van der Waals surface area contributed by atoms with Gasteiger partial charge in [0.1, 0.15) is 11.8 Å². The maximum Gasteiger partial charge on any atom is 0.295 e. The molecule has 2 heterocycles. The van der Waals surface area contributed by atoms with Crippen molar-refractivity contribution in [3.63, 3.8) is 0 Å². The second-order valence-corrected chi connectivity index (χ2v) is 7.70. The maximum atomic E-state index is 13.1. The number of rotatable bonds is 10. The van der Waals surface area contributed by atoms with Gasteiger partial charge in [0, 0.05) is 18.3 Å². The Bertz CT molecular complexity index is 1020. The van der Waals surface area contributed by atoms with Gasteiger partial charge in [0.2, 0.25) is 0 Å². The Morgan fingerprint density at radius 2 is 1.82 bits per heavy atom. The number of hydrogen-bond donors (Lipinski definition) is 1. The highest BCUT2D eigenvalue weighted by atomic mass is 16.5. The minimum atomic E-state index is -0.768. The summed E-state index contributed by atoms with van der Waals surface area (Å²) in [7, 11) is 3.01. The van der Waals surface area contributed by atoms with E-state index in [1.54, 1.807) is 42.6 Å². The van der Waals surface area contributed by atoms with Crippen LogP contribution in [0.5, 0.6) is 11.5 Å². The number of amides is 1. The summed E-state index contributed by atoms with van der Waals surface area (Å²) in [6.07, 6.45) is 2.32. The molecule has 0 bridgehead atoms. The van der Waals surface area contributed by atoms with Crippen molar-refractivity contribution in [2.45, 2.75) is 26.3 Å². The van der Waals surface area contributed by atoms with E-state index in [9.17, 15) is 14.7 Å². The molecule has 33 heavy (non-hydrogen) atoms. The summed E-state index contributed by atoms with van der Waals surface area (Å²) in [5, 5.41) is 11.2. The average molecular weight is 454 g/mol. The molecule has 1 aliphatic heterocycles. The van der Waals surface area contributed by atoms with Gasteiger partial charge in [-0.1, -0.05) is 19.9 Å². The van der Waals surface area contributed by atoms with Gasteiger partial charge in [-0.2, -0.15) is 0 Å². The van der Waals surface area contributed by atoms with Crippen molar-refractivity contribution < 1.29 is 24.2 Å². The zero-order chi connectivity index (χ0) is 24.0. The van der Waals surface area contributed by atoms with Crippen LogP contribution in [0.25, 0.3) is 5.76 Å². The molecule has 2 aromatic rings. The van der Waals surface area contributed by atoms with E-state index in [0.717, 1.165) is 19.6 Å². The van der Waals surface area contributed by atoms with Crippen molar-refractivity contribution in [3.05, 3.63) is 59.4 Å². The summed E-state index contributed by atoms with van der Waals surface area (Å²) in [6.45, 7) is 7.20. The van der Waals surface area contributed by atoms with E-state index >= 15 is 0 Å². The highest BCUT2D eigenvalue weighted by Crippen LogP contribution is 2.40. The molecular formula is C25H31N3O5. The fourth-order valence-corrected chi connectivity index (χ4v) is 4.10. The number of aliphatic hydroxyl groups excluding tert-OH is 1. The molecule has 1 aliphatic rings. The molecule has 1 aromatic heterocycles. The molecule has 8 nitrogen and oxygen atoms in total. The van der Waals surface area contributed by atoms with Crippen LogP contribution in [0.3, 0.4) is 0 Å². The highest BCUT2D eigenvalue weighted by Gasteiger charge is 2.46. The lowest BCUT2D eigenvalue weighted by molar-refractivity contribution is -0.140. The summed E-state index contributed by atoms with van der Waals surface area (Å²) < 4.78 is 10.6. The van der Waals surface area contributed by atoms with E-state index < -0.39 is 17.7 Å². The van der Waals surface area contributed by atoms with Gasteiger partial charge in [-0.25, -0.2) is 0 Å². The number of pyridine rings is 1. The summed E-state index contributed by atoms with van der Waals surface area (Å²) in [5.41, 5.74) is 0.907. The van der Waals surface area contributed by atoms with E-state index in [4.69, 9.17) is 9.47 Å². The number of carbonyl (C=O) groups is 2. The minimum Gasteiger partial charge on any atom is -0.507 e. The normalized spacial score (nSPS) is 17.6. The second kappa shape index (κ2) is 11.0.